The molecule has 0 spiro atoms. The van der Waals surface area contributed by atoms with Gasteiger partial charge >= 0.3 is 0 Å². The molecular formula is C13H16ClF2NO2. The van der Waals surface area contributed by atoms with Crippen molar-refractivity contribution < 1.29 is 18.3 Å². The molecule has 0 heterocycles. The van der Waals surface area contributed by atoms with E-state index in [1.807, 2.05) is 0 Å². The molecule has 0 aliphatic rings. The number of carbonyl (C=O) groups is 1. The van der Waals surface area contributed by atoms with Crippen molar-refractivity contribution in [2.45, 2.75) is 6.92 Å². The predicted octanol–water partition coefficient (Wildman–Crippen LogP) is 2.68. The topological polar surface area (TPSA) is 29.5 Å². The zero-order chi connectivity index (χ0) is 14.3. The van der Waals surface area contributed by atoms with E-state index in [4.69, 9.17) is 16.3 Å². The summed E-state index contributed by atoms with van der Waals surface area (Å²) in [6, 6.07) is 2.91. The fourth-order valence-corrected chi connectivity index (χ4v) is 1.68. The molecule has 0 unspecified atom stereocenters. The van der Waals surface area contributed by atoms with Gasteiger partial charge in [-0.3, -0.25) is 4.79 Å². The van der Waals surface area contributed by atoms with E-state index < -0.39 is 17.5 Å². The third-order valence-electron chi connectivity index (χ3n) is 2.56. The van der Waals surface area contributed by atoms with Crippen LogP contribution in [0.4, 0.5) is 8.78 Å². The third-order valence-corrected chi connectivity index (χ3v) is 2.71. The van der Waals surface area contributed by atoms with Crippen molar-refractivity contribution in [3.8, 4) is 0 Å². The van der Waals surface area contributed by atoms with Gasteiger partial charge in [-0.05, 0) is 19.1 Å². The molecule has 0 aromatic heterocycles. The van der Waals surface area contributed by atoms with Gasteiger partial charge in [0.2, 0.25) is 0 Å². The Morgan fingerprint density at radius 3 is 2.68 bits per heavy atom. The van der Waals surface area contributed by atoms with E-state index in [0.717, 1.165) is 12.1 Å². The Bertz CT molecular complexity index is 429. The number of alkyl halides is 1. The summed E-state index contributed by atoms with van der Waals surface area (Å²) in [5.74, 6) is -1.66. The minimum absolute atomic E-state index is 0.138. The van der Waals surface area contributed by atoms with Gasteiger partial charge in [0.1, 0.15) is 11.6 Å². The molecule has 0 N–H and O–H groups in total. The summed E-state index contributed by atoms with van der Waals surface area (Å²) in [7, 11) is 0. The van der Waals surface area contributed by atoms with Gasteiger partial charge in [0, 0.05) is 25.0 Å². The van der Waals surface area contributed by atoms with E-state index >= 15 is 0 Å². The summed E-state index contributed by atoms with van der Waals surface area (Å²) in [5.41, 5.74) is -0.138. The van der Waals surface area contributed by atoms with Crippen LogP contribution in [0.3, 0.4) is 0 Å². The minimum atomic E-state index is -0.856. The lowest BCUT2D eigenvalue weighted by Crippen LogP contribution is -2.34. The summed E-state index contributed by atoms with van der Waals surface area (Å²) in [4.78, 5) is 13.5. The molecule has 0 saturated heterocycles. The molecule has 0 saturated carbocycles. The second kappa shape index (κ2) is 8.07. The molecule has 0 fully saturated rings. The number of carbonyl (C=O) groups excluding carboxylic acids is 1. The second-order valence-corrected chi connectivity index (χ2v) is 4.19. The Labute approximate surface area is 116 Å². The fourth-order valence-electron chi connectivity index (χ4n) is 1.57. The number of rotatable bonds is 7. The number of nitrogens with zero attached hydrogens (tertiary/aromatic N) is 1. The lowest BCUT2D eigenvalue weighted by Gasteiger charge is -2.21. The molecule has 1 amide bonds. The maximum Gasteiger partial charge on any atom is 0.256 e. The number of likely N-dealkylation sites (N-methyl/N-ethyl adjacent to an activating group) is 1. The average molecular weight is 292 g/mol. The van der Waals surface area contributed by atoms with Crippen LogP contribution in [-0.4, -0.2) is 43.0 Å². The quantitative estimate of drug-likeness (QED) is 0.571. The maximum absolute atomic E-state index is 13.5. The standard InChI is InChI=1S/C13H16ClF2NO2/c1-2-17(6-8-19-7-5-14)13(18)11-4-3-10(15)9-12(11)16/h3-4,9H,2,5-8H2,1H3. The number of amides is 1. The molecule has 19 heavy (non-hydrogen) atoms. The molecule has 1 rings (SSSR count). The van der Waals surface area contributed by atoms with Crippen molar-refractivity contribution in [1.82, 2.24) is 4.90 Å². The Balaban J connectivity index is 2.67. The van der Waals surface area contributed by atoms with Crippen LogP contribution in [0.15, 0.2) is 18.2 Å². The number of hydrogen-bond donors (Lipinski definition) is 0. The first-order valence-electron chi connectivity index (χ1n) is 5.98. The molecule has 1 aromatic rings. The Hall–Kier alpha value is -1.20. The first-order valence-corrected chi connectivity index (χ1v) is 6.51. The van der Waals surface area contributed by atoms with Crippen LogP contribution in [0.2, 0.25) is 0 Å². The predicted molar refractivity (Wildman–Crippen MR) is 69.5 cm³/mol. The number of halogens is 3. The van der Waals surface area contributed by atoms with Crippen LogP contribution in [0, 0.1) is 11.6 Å². The molecule has 0 aliphatic heterocycles. The highest BCUT2D eigenvalue weighted by Crippen LogP contribution is 2.12. The van der Waals surface area contributed by atoms with E-state index in [0.29, 0.717) is 38.2 Å². The zero-order valence-corrected chi connectivity index (χ0v) is 11.4. The van der Waals surface area contributed by atoms with Gasteiger partial charge in [0.25, 0.3) is 5.91 Å². The third kappa shape index (κ3) is 4.76. The Morgan fingerprint density at radius 2 is 2.11 bits per heavy atom. The van der Waals surface area contributed by atoms with Crippen molar-refractivity contribution in [3.63, 3.8) is 0 Å². The summed E-state index contributed by atoms with van der Waals surface area (Å²) >= 11 is 5.45. The number of hydrogen-bond acceptors (Lipinski definition) is 2. The Morgan fingerprint density at radius 1 is 1.37 bits per heavy atom. The van der Waals surface area contributed by atoms with Crippen molar-refractivity contribution >= 4 is 17.5 Å². The van der Waals surface area contributed by atoms with Crippen LogP contribution in [0.1, 0.15) is 17.3 Å². The normalized spacial score (nSPS) is 10.5. The molecule has 0 bridgehead atoms. The van der Waals surface area contributed by atoms with E-state index in [2.05, 4.69) is 0 Å². The van der Waals surface area contributed by atoms with E-state index in [1.54, 1.807) is 6.92 Å². The van der Waals surface area contributed by atoms with Crippen molar-refractivity contribution in [2.24, 2.45) is 0 Å². The van der Waals surface area contributed by atoms with Crippen molar-refractivity contribution in [1.29, 1.82) is 0 Å². The van der Waals surface area contributed by atoms with Crippen LogP contribution >= 0.6 is 11.6 Å². The van der Waals surface area contributed by atoms with Crippen LogP contribution < -0.4 is 0 Å². The van der Waals surface area contributed by atoms with Crippen molar-refractivity contribution in [3.05, 3.63) is 35.4 Å². The summed E-state index contributed by atoms with van der Waals surface area (Å²) in [6.45, 7) is 3.26. The highest BCUT2D eigenvalue weighted by Gasteiger charge is 2.18. The SMILES string of the molecule is CCN(CCOCCCl)C(=O)c1ccc(F)cc1F. The molecule has 1 aromatic carbocycles. The smallest absolute Gasteiger partial charge is 0.256 e. The monoisotopic (exact) mass is 291 g/mol. The van der Waals surface area contributed by atoms with E-state index in [-0.39, 0.29) is 5.56 Å². The largest absolute Gasteiger partial charge is 0.378 e. The summed E-state index contributed by atoms with van der Waals surface area (Å²) in [6.07, 6.45) is 0. The molecule has 0 radical (unpaired) electrons. The average Bonchev–Trinajstić information content (AvgIpc) is 2.38. The lowest BCUT2D eigenvalue weighted by atomic mass is 10.2. The van der Waals surface area contributed by atoms with E-state index in [9.17, 15) is 13.6 Å². The van der Waals surface area contributed by atoms with Gasteiger partial charge in [0.05, 0.1) is 18.8 Å². The highest BCUT2D eigenvalue weighted by atomic mass is 35.5. The number of benzene rings is 1. The van der Waals surface area contributed by atoms with Gasteiger partial charge < -0.3 is 9.64 Å². The Kier molecular flexibility index (Phi) is 6.73. The molecule has 3 nitrogen and oxygen atoms in total. The molecule has 6 heteroatoms. The molecular weight excluding hydrogens is 276 g/mol. The summed E-state index contributed by atoms with van der Waals surface area (Å²) < 4.78 is 31.5. The van der Waals surface area contributed by atoms with Gasteiger partial charge in [-0.15, -0.1) is 11.6 Å². The molecule has 106 valence electrons. The van der Waals surface area contributed by atoms with Gasteiger partial charge in [-0.2, -0.15) is 0 Å². The first-order chi connectivity index (χ1) is 9.10. The van der Waals surface area contributed by atoms with Crippen LogP contribution in [-0.2, 0) is 4.74 Å². The highest BCUT2D eigenvalue weighted by molar-refractivity contribution is 6.17. The van der Waals surface area contributed by atoms with Crippen LogP contribution in [0.5, 0.6) is 0 Å². The molecule has 0 atom stereocenters. The zero-order valence-electron chi connectivity index (χ0n) is 10.7. The second-order valence-electron chi connectivity index (χ2n) is 3.81. The fraction of sp³-hybridized carbons (Fsp3) is 0.462. The van der Waals surface area contributed by atoms with Crippen molar-refractivity contribution in [2.75, 3.05) is 32.2 Å². The van der Waals surface area contributed by atoms with E-state index in [1.165, 1.54) is 4.90 Å². The first kappa shape index (κ1) is 15.9. The molecule has 0 aliphatic carbocycles. The summed E-state index contributed by atoms with van der Waals surface area (Å²) in [5, 5.41) is 0. The van der Waals surface area contributed by atoms with Gasteiger partial charge in [-0.1, -0.05) is 0 Å². The van der Waals surface area contributed by atoms with Gasteiger partial charge in [-0.25, -0.2) is 8.78 Å². The van der Waals surface area contributed by atoms with Gasteiger partial charge in [0.15, 0.2) is 0 Å². The van der Waals surface area contributed by atoms with Crippen LogP contribution in [0.25, 0.3) is 0 Å². The maximum atomic E-state index is 13.5. The number of ether oxygens (including phenoxy) is 1. The minimum Gasteiger partial charge on any atom is -0.378 e. The lowest BCUT2D eigenvalue weighted by molar-refractivity contribution is 0.0667.